The van der Waals surface area contributed by atoms with E-state index in [0.29, 0.717) is 3.57 Å². The standard InChI is InChI=1S/C7H6F3IN2/c8-5-1-4(11)3(2-12)6(13-5)7(9)10/h1,7H,2,12H2. The third kappa shape index (κ3) is 2.31. The molecule has 2 N–H and O–H groups in total. The molecule has 0 saturated carbocycles. The molecule has 0 bridgehead atoms. The summed E-state index contributed by atoms with van der Waals surface area (Å²) in [5, 5.41) is 0. The molecular formula is C7H6F3IN2. The van der Waals surface area contributed by atoms with Gasteiger partial charge >= 0.3 is 0 Å². The summed E-state index contributed by atoms with van der Waals surface area (Å²) in [6.07, 6.45) is -2.79. The molecule has 0 saturated heterocycles. The molecule has 13 heavy (non-hydrogen) atoms. The summed E-state index contributed by atoms with van der Waals surface area (Å²) in [4.78, 5) is 3.10. The van der Waals surface area contributed by atoms with Crippen molar-refractivity contribution in [1.82, 2.24) is 4.98 Å². The monoisotopic (exact) mass is 302 g/mol. The fourth-order valence-electron chi connectivity index (χ4n) is 0.911. The maximum absolute atomic E-state index is 12.6. The van der Waals surface area contributed by atoms with Crippen LogP contribution in [0.1, 0.15) is 17.7 Å². The van der Waals surface area contributed by atoms with Crippen LogP contribution in [0, 0.1) is 9.52 Å². The number of nitrogens with zero attached hydrogens (tertiary/aromatic N) is 1. The molecule has 0 aromatic carbocycles. The Balaban J connectivity index is 3.29. The summed E-state index contributed by atoms with van der Waals surface area (Å²) >= 11 is 1.75. The quantitative estimate of drug-likeness (QED) is 0.672. The lowest BCUT2D eigenvalue weighted by molar-refractivity contribution is 0.143. The molecule has 0 aliphatic rings. The van der Waals surface area contributed by atoms with Gasteiger partial charge in [0.05, 0.1) is 0 Å². The van der Waals surface area contributed by atoms with Gasteiger partial charge in [0.25, 0.3) is 6.43 Å². The zero-order valence-corrected chi connectivity index (χ0v) is 8.56. The third-order valence-corrected chi connectivity index (χ3v) is 2.44. The van der Waals surface area contributed by atoms with Gasteiger partial charge in [-0.1, -0.05) is 0 Å². The van der Waals surface area contributed by atoms with E-state index in [-0.39, 0.29) is 12.1 Å². The van der Waals surface area contributed by atoms with Crippen LogP contribution in [0.2, 0.25) is 0 Å². The summed E-state index contributed by atoms with van der Waals surface area (Å²) in [5.41, 5.74) is 4.88. The van der Waals surface area contributed by atoms with Crippen LogP contribution >= 0.6 is 22.6 Å². The van der Waals surface area contributed by atoms with Crippen molar-refractivity contribution in [3.8, 4) is 0 Å². The van der Waals surface area contributed by atoms with Crippen LogP contribution < -0.4 is 5.73 Å². The number of alkyl halides is 2. The predicted molar refractivity (Wildman–Crippen MR) is 49.8 cm³/mol. The Morgan fingerprint density at radius 1 is 1.54 bits per heavy atom. The second-order valence-electron chi connectivity index (χ2n) is 2.30. The van der Waals surface area contributed by atoms with E-state index in [0.717, 1.165) is 6.07 Å². The van der Waals surface area contributed by atoms with Crippen molar-refractivity contribution in [3.63, 3.8) is 0 Å². The van der Waals surface area contributed by atoms with E-state index >= 15 is 0 Å². The Bertz CT molecular complexity index is 317. The molecule has 1 aromatic rings. The Labute approximate surface area is 86.5 Å². The van der Waals surface area contributed by atoms with Crippen molar-refractivity contribution in [3.05, 3.63) is 26.8 Å². The van der Waals surface area contributed by atoms with Crippen molar-refractivity contribution < 1.29 is 13.2 Å². The fourth-order valence-corrected chi connectivity index (χ4v) is 1.66. The average Bonchev–Trinajstić information content (AvgIpc) is 2.02. The van der Waals surface area contributed by atoms with Crippen molar-refractivity contribution in [2.24, 2.45) is 5.73 Å². The smallest absolute Gasteiger partial charge is 0.280 e. The van der Waals surface area contributed by atoms with Crippen molar-refractivity contribution in [2.45, 2.75) is 13.0 Å². The van der Waals surface area contributed by atoms with Gasteiger partial charge in [-0.15, -0.1) is 0 Å². The number of halogens is 4. The van der Waals surface area contributed by atoms with E-state index < -0.39 is 18.1 Å². The van der Waals surface area contributed by atoms with E-state index in [9.17, 15) is 13.2 Å². The van der Waals surface area contributed by atoms with Crippen LogP contribution in [0.4, 0.5) is 13.2 Å². The van der Waals surface area contributed by atoms with Gasteiger partial charge in [0.1, 0.15) is 5.69 Å². The molecule has 1 heterocycles. The SMILES string of the molecule is NCc1c(I)cc(F)nc1C(F)F. The molecule has 0 spiro atoms. The lowest BCUT2D eigenvalue weighted by Gasteiger charge is -2.07. The number of pyridine rings is 1. The maximum atomic E-state index is 12.6. The van der Waals surface area contributed by atoms with E-state index in [1.807, 2.05) is 0 Å². The van der Waals surface area contributed by atoms with Crippen molar-refractivity contribution >= 4 is 22.6 Å². The summed E-state index contributed by atoms with van der Waals surface area (Å²) in [7, 11) is 0. The van der Waals surface area contributed by atoms with E-state index in [4.69, 9.17) is 5.73 Å². The highest BCUT2D eigenvalue weighted by molar-refractivity contribution is 14.1. The molecule has 0 radical (unpaired) electrons. The molecule has 1 aromatic heterocycles. The second-order valence-corrected chi connectivity index (χ2v) is 3.46. The minimum atomic E-state index is -2.79. The Morgan fingerprint density at radius 3 is 2.62 bits per heavy atom. The predicted octanol–water partition coefficient (Wildman–Crippen LogP) is 2.22. The lowest BCUT2D eigenvalue weighted by atomic mass is 10.2. The number of aromatic nitrogens is 1. The van der Waals surface area contributed by atoms with E-state index in [1.165, 1.54) is 0 Å². The minimum Gasteiger partial charge on any atom is -0.326 e. The van der Waals surface area contributed by atoms with E-state index in [2.05, 4.69) is 4.98 Å². The first-order chi connectivity index (χ1) is 6.06. The van der Waals surface area contributed by atoms with Gasteiger partial charge in [-0.25, -0.2) is 13.8 Å². The van der Waals surface area contributed by atoms with Gasteiger partial charge in [0.15, 0.2) is 0 Å². The van der Waals surface area contributed by atoms with Gasteiger partial charge in [-0.3, -0.25) is 0 Å². The summed E-state index contributed by atoms with van der Waals surface area (Å²) in [5.74, 6) is -0.906. The molecule has 0 amide bonds. The second kappa shape index (κ2) is 4.23. The molecule has 2 nitrogen and oxygen atoms in total. The zero-order valence-electron chi connectivity index (χ0n) is 6.40. The molecule has 0 aliphatic heterocycles. The highest BCUT2D eigenvalue weighted by atomic mass is 127. The Morgan fingerprint density at radius 2 is 2.15 bits per heavy atom. The first-order valence-corrected chi connectivity index (χ1v) is 4.47. The fraction of sp³-hybridized carbons (Fsp3) is 0.286. The normalized spacial score (nSPS) is 10.9. The summed E-state index contributed by atoms with van der Waals surface area (Å²) in [6.45, 7) is -0.0643. The number of nitrogens with two attached hydrogens (primary N) is 1. The number of rotatable bonds is 2. The molecule has 0 fully saturated rings. The number of hydrogen-bond donors (Lipinski definition) is 1. The van der Waals surface area contributed by atoms with Crippen molar-refractivity contribution in [2.75, 3.05) is 0 Å². The molecule has 0 aliphatic carbocycles. The first-order valence-electron chi connectivity index (χ1n) is 3.39. The first kappa shape index (κ1) is 10.7. The molecule has 1 rings (SSSR count). The summed E-state index contributed by atoms with van der Waals surface area (Å²) < 4.78 is 37.6. The molecule has 0 atom stereocenters. The Kier molecular flexibility index (Phi) is 3.48. The van der Waals surface area contributed by atoms with Crippen LogP contribution in [-0.4, -0.2) is 4.98 Å². The highest BCUT2D eigenvalue weighted by Gasteiger charge is 2.17. The lowest BCUT2D eigenvalue weighted by Crippen LogP contribution is -2.08. The molecule has 0 unspecified atom stereocenters. The molecule has 72 valence electrons. The van der Waals surface area contributed by atoms with Crippen LogP contribution in [0.25, 0.3) is 0 Å². The summed E-state index contributed by atoms with van der Waals surface area (Å²) in [6, 6.07) is 1.08. The average molecular weight is 302 g/mol. The van der Waals surface area contributed by atoms with Gasteiger partial charge in [0.2, 0.25) is 5.95 Å². The van der Waals surface area contributed by atoms with Crippen LogP contribution in [0.15, 0.2) is 6.07 Å². The van der Waals surface area contributed by atoms with Gasteiger partial charge < -0.3 is 5.73 Å². The van der Waals surface area contributed by atoms with Gasteiger partial charge in [-0.05, 0) is 22.6 Å². The van der Waals surface area contributed by atoms with Crippen LogP contribution in [-0.2, 0) is 6.54 Å². The van der Waals surface area contributed by atoms with Gasteiger partial charge in [-0.2, -0.15) is 4.39 Å². The maximum Gasteiger partial charge on any atom is 0.280 e. The topological polar surface area (TPSA) is 38.9 Å². The Hall–Kier alpha value is -0.370. The van der Waals surface area contributed by atoms with E-state index in [1.54, 1.807) is 22.6 Å². The molecular weight excluding hydrogens is 296 g/mol. The molecule has 6 heteroatoms. The minimum absolute atomic E-state index is 0.0643. The highest BCUT2D eigenvalue weighted by Crippen LogP contribution is 2.24. The number of hydrogen-bond acceptors (Lipinski definition) is 2. The largest absolute Gasteiger partial charge is 0.326 e. The van der Waals surface area contributed by atoms with Crippen LogP contribution in [0.5, 0.6) is 0 Å². The van der Waals surface area contributed by atoms with Crippen molar-refractivity contribution in [1.29, 1.82) is 0 Å². The third-order valence-electron chi connectivity index (χ3n) is 1.48. The van der Waals surface area contributed by atoms with Gasteiger partial charge in [0, 0.05) is 21.7 Å². The zero-order chi connectivity index (χ0) is 10.0. The van der Waals surface area contributed by atoms with Crippen LogP contribution in [0.3, 0.4) is 0 Å².